The van der Waals surface area contributed by atoms with Gasteiger partial charge in [-0.25, -0.2) is 5.84 Å². The summed E-state index contributed by atoms with van der Waals surface area (Å²) < 4.78 is 10.6. The van der Waals surface area contributed by atoms with Crippen LogP contribution >= 0.6 is 0 Å². The van der Waals surface area contributed by atoms with Crippen molar-refractivity contribution < 1.29 is 9.47 Å². The number of hydrogen-bond acceptors (Lipinski definition) is 4. The topological polar surface area (TPSA) is 68.9 Å². The van der Waals surface area contributed by atoms with E-state index in [0.29, 0.717) is 23.9 Å². The Bertz CT molecular complexity index is 391. The third-order valence-electron chi connectivity index (χ3n) is 2.29. The van der Waals surface area contributed by atoms with E-state index in [1.165, 1.54) is 0 Å². The van der Waals surface area contributed by atoms with Crippen LogP contribution < -0.4 is 20.7 Å². The normalized spacial score (nSPS) is 11.2. The molecule has 0 radical (unpaired) electrons. The van der Waals surface area contributed by atoms with Crippen molar-refractivity contribution in [3.05, 3.63) is 23.8 Å². The van der Waals surface area contributed by atoms with Gasteiger partial charge < -0.3 is 14.9 Å². The van der Waals surface area contributed by atoms with Crippen molar-refractivity contribution in [2.24, 2.45) is 10.8 Å². The number of methoxy groups -OCH3 is 2. The average molecular weight is 237 g/mol. The second-order valence-corrected chi connectivity index (χ2v) is 3.42. The SMILES string of the molecule is CCCN=C(NN)c1cccc(OC)c1OC. The number of nitrogens with two attached hydrogens (primary N) is 1. The molecule has 17 heavy (non-hydrogen) atoms. The lowest BCUT2D eigenvalue weighted by molar-refractivity contribution is 0.354. The van der Waals surface area contributed by atoms with Crippen LogP contribution in [0.1, 0.15) is 18.9 Å². The molecule has 0 fully saturated rings. The second-order valence-electron chi connectivity index (χ2n) is 3.42. The number of nitrogens with one attached hydrogen (secondary N) is 1. The van der Waals surface area contributed by atoms with Crippen LogP contribution in [0.2, 0.25) is 0 Å². The highest BCUT2D eigenvalue weighted by Gasteiger charge is 2.13. The summed E-state index contributed by atoms with van der Waals surface area (Å²) in [4.78, 5) is 4.36. The van der Waals surface area contributed by atoms with Gasteiger partial charge >= 0.3 is 0 Å². The number of ether oxygens (including phenoxy) is 2. The smallest absolute Gasteiger partial charge is 0.171 e. The second kappa shape index (κ2) is 6.75. The van der Waals surface area contributed by atoms with E-state index < -0.39 is 0 Å². The lowest BCUT2D eigenvalue weighted by Crippen LogP contribution is -2.31. The molecule has 1 aromatic rings. The van der Waals surface area contributed by atoms with Crippen LogP contribution in [0.25, 0.3) is 0 Å². The summed E-state index contributed by atoms with van der Waals surface area (Å²) in [6, 6.07) is 5.58. The Labute approximate surface area is 102 Å². The fourth-order valence-electron chi connectivity index (χ4n) is 1.51. The van der Waals surface area contributed by atoms with Gasteiger partial charge in [-0.15, -0.1) is 0 Å². The zero-order valence-electron chi connectivity index (χ0n) is 10.5. The minimum Gasteiger partial charge on any atom is -0.493 e. The fourth-order valence-corrected chi connectivity index (χ4v) is 1.51. The number of nitrogens with zero attached hydrogens (tertiary/aromatic N) is 1. The molecule has 1 aromatic carbocycles. The first kappa shape index (κ1) is 13.3. The molecule has 0 aliphatic carbocycles. The minimum absolute atomic E-state index is 0.600. The maximum Gasteiger partial charge on any atom is 0.171 e. The van der Waals surface area contributed by atoms with Crippen LogP contribution in [0.4, 0.5) is 0 Å². The van der Waals surface area contributed by atoms with Crippen LogP contribution in [-0.4, -0.2) is 26.6 Å². The highest BCUT2D eigenvalue weighted by atomic mass is 16.5. The van der Waals surface area contributed by atoms with Crippen molar-refractivity contribution in [1.82, 2.24) is 5.43 Å². The molecule has 0 saturated carbocycles. The maximum atomic E-state index is 5.48. The maximum absolute atomic E-state index is 5.48. The molecule has 0 unspecified atom stereocenters. The van der Waals surface area contributed by atoms with Gasteiger partial charge in [0.1, 0.15) is 5.84 Å². The first-order valence-electron chi connectivity index (χ1n) is 5.50. The molecular weight excluding hydrogens is 218 g/mol. The van der Waals surface area contributed by atoms with Crippen molar-refractivity contribution in [1.29, 1.82) is 0 Å². The molecule has 0 amide bonds. The molecule has 0 bridgehead atoms. The van der Waals surface area contributed by atoms with Gasteiger partial charge in [-0.1, -0.05) is 13.0 Å². The molecule has 0 heterocycles. The average Bonchev–Trinajstić information content (AvgIpc) is 2.39. The van der Waals surface area contributed by atoms with Crippen LogP contribution in [0.5, 0.6) is 11.5 Å². The third-order valence-corrected chi connectivity index (χ3v) is 2.29. The lowest BCUT2D eigenvalue weighted by atomic mass is 10.1. The Morgan fingerprint density at radius 1 is 1.35 bits per heavy atom. The minimum atomic E-state index is 0.600. The molecule has 3 N–H and O–H groups in total. The van der Waals surface area contributed by atoms with Gasteiger partial charge in [0.25, 0.3) is 0 Å². The van der Waals surface area contributed by atoms with E-state index >= 15 is 0 Å². The van der Waals surface area contributed by atoms with Gasteiger partial charge in [0.05, 0.1) is 19.8 Å². The van der Waals surface area contributed by atoms with Gasteiger partial charge in [-0.2, -0.15) is 0 Å². The largest absolute Gasteiger partial charge is 0.493 e. The molecule has 0 spiro atoms. The van der Waals surface area contributed by atoms with E-state index in [0.717, 1.165) is 12.0 Å². The summed E-state index contributed by atoms with van der Waals surface area (Å²) >= 11 is 0. The molecule has 1 rings (SSSR count). The van der Waals surface area contributed by atoms with Crippen molar-refractivity contribution in [2.75, 3.05) is 20.8 Å². The number of amidine groups is 1. The van der Waals surface area contributed by atoms with E-state index in [9.17, 15) is 0 Å². The van der Waals surface area contributed by atoms with E-state index in [2.05, 4.69) is 17.3 Å². The molecule has 0 saturated heterocycles. The van der Waals surface area contributed by atoms with Crippen LogP contribution in [0.3, 0.4) is 0 Å². The number of hydrazine groups is 1. The Hall–Kier alpha value is -1.75. The molecule has 94 valence electrons. The first-order chi connectivity index (χ1) is 8.28. The number of aliphatic imine (C=N–C) groups is 1. The Kier molecular flexibility index (Phi) is 5.29. The lowest BCUT2D eigenvalue weighted by Gasteiger charge is -2.13. The Morgan fingerprint density at radius 2 is 2.12 bits per heavy atom. The van der Waals surface area contributed by atoms with Crippen LogP contribution in [0, 0.1) is 0 Å². The number of hydrogen-bond donors (Lipinski definition) is 2. The van der Waals surface area contributed by atoms with Gasteiger partial charge in [-0.3, -0.25) is 4.99 Å². The summed E-state index contributed by atoms with van der Waals surface area (Å²) in [5.41, 5.74) is 3.39. The molecule has 0 aromatic heterocycles. The zero-order chi connectivity index (χ0) is 12.7. The van der Waals surface area contributed by atoms with Gasteiger partial charge in [0, 0.05) is 6.54 Å². The van der Waals surface area contributed by atoms with E-state index in [1.807, 2.05) is 18.2 Å². The summed E-state index contributed by atoms with van der Waals surface area (Å²) in [6.45, 7) is 2.76. The summed E-state index contributed by atoms with van der Waals surface area (Å²) in [5, 5.41) is 0. The van der Waals surface area contributed by atoms with Crippen molar-refractivity contribution in [3.8, 4) is 11.5 Å². The fraction of sp³-hybridized carbons (Fsp3) is 0.417. The van der Waals surface area contributed by atoms with Crippen molar-refractivity contribution in [2.45, 2.75) is 13.3 Å². The van der Waals surface area contributed by atoms with Gasteiger partial charge in [0.15, 0.2) is 11.5 Å². The summed E-state index contributed by atoms with van der Waals surface area (Å²) in [7, 11) is 3.19. The van der Waals surface area contributed by atoms with Gasteiger partial charge in [-0.05, 0) is 18.6 Å². The molecule has 0 aliphatic rings. The molecular formula is C12H19N3O2. The number of benzene rings is 1. The molecule has 0 aliphatic heterocycles. The summed E-state index contributed by atoms with van der Waals surface area (Å²) in [5.74, 6) is 7.37. The molecule has 5 heteroatoms. The van der Waals surface area contributed by atoms with E-state index in [1.54, 1.807) is 14.2 Å². The van der Waals surface area contributed by atoms with Crippen LogP contribution in [-0.2, 0) is 0 Å². The first-order valence-corrected chi connectivity index (χ1v) is 5.50. The number of rotatable bonds is 5. The van der Waals surface area contributed by atoms with E-state index in [-0.39, 0.29) is 0 Å². The van der Waals surface area contributed by atoms with Crippen molar-refractivity contribution >= 4 is 5.84 Å². The van der Waals surface area contributed by atoms with Crippen molar-refractivity contribution in [3.63, 3.8) is 0 Å². The standard InChI is InChI=1S/C12H19N3O2/c1-4-8-14-12(15-13)9-6-5-7-10(16-2)11(9)17-3/h5-7H,4,8,13H2,1-3H3,(H,14,15). The zero-order valence-corrected chi connectivity index (χ0v) is 10.5. The van der Waals surface area contributed by atoms with Crippen LogP contribution in [0.15, 0.2) is 23.2 Å². The molecule has 0 atom stereocenters. The number of para-hydroxylation sites is 1. The Balaban J connectivity index is 3.18. The highest BCUT2D eigenvalue weighted by molar-refractivity contribution is 6.01. The Morgan fingerprint density at radius 3 is 2.65 bits per heavy atom. The van der Waals surface area contributed by atoms with Gasteiger partial charge in [0.2, 0.25) is 0 Å². The molecule has 5 nitrogen and oxygen atoms in total. The predicted octanol–water partition coefficient (Wildman–Crippen LogP) is 1.32. The monoisotopic (exact) mass is 237 g/mol. The highest BCUT2D eigenvalue weighted by Crippen LogP contribution is 2.30. The van der Waals surface area contributed by atoms with E-state index in [4.69, 9.17) is 15.3 Å². The third kappa shape index (κ3) is 3.10. The summed E-state index contributed by atoms with van der Waals surface area (Å²) in [6.07, 6.45) is 0.956. The predicted molar refractivity (Wildman–Crippen MR) is 68.6 cm³/mol. The quantitative estimate of drug-likeness (QED) is 0.351.